The lowest BCUT2D eigenvalue weighted by Crippen LogP contribution is -2.37. The third-order valence-electron chi connectivity index (χ3n) is 4.62. The fourth-order valence-corrected chi connectivity index (χ4v) is 3.24. The van der Waals surface area contributed by atoms with Crippen LogP contribution in [0.25, 0.3) is 0 Å². The number of ketones is 1. The van der Waals surface area contributed by atoms with Crippen molar-refractivity contribution in [1.29, 1.82) is 0 Å². The molecule has 11 heteroatoms. The van der Waals surface area contributed by atoms with E-state index in [0.717, 1.165) is 0 Å². The van der Waals surface area contributed by atoms with Crippen molar-refractivity contribution in [1.82, 2.24) is 5.32 Å². The lowest BCUT2D eigenvalue weighted by Gasteiger charge is -2.16. The molecule has 0 spiro atoms. The van der Waals surface area contributed by atoms with Crippen molar-refractivity contribution in [2.24, 2.45) is 5.92 Å². The van der Waals surface area contributed by atoms with Crippen LogP contribution in [0, 0.1) is 29.2 Å². The van der Waals surface area contributed by atoms with Gasteiger partial charge in [0, 0.05) is 30.5 Å². The van der Waals surface area contributed by atoms with Crippen LogP contribution in [0.1, 0.15) is 38.2 Å². The number of carbonyl (C=O) groups is 3. The van der Waals surface area contributed by atoms with E-state index in [0.29, 0.717) is 0 Å². The van der Waals surface area contributed by atoms with E-state index in [4.69, 9.17) is 9.47 Å². The minimum atomic E-state index is -1.53. The van der Waals surface area contributed by atoms with Crippen LogP contribution in [0.3, 0.4) is 0 Å². The summed E-state index contributed by atoms with van der Waals surface area (Å²) in [7, 11) is 0. The zero-order valence-electron chi connectivity index (χ0n) is 16.3. The summed E-state index contributed by atoms with van der Waals surface area (Å²) in [6, 6.07) is -0.848. The maximum Gasteiger partial charge on any atom is 0.320 e. The summed E-state index contributed by atoms with van der Waals surface area (Å²) in [5, 5.41) is 2.71. The fraction of sp³-hybridized carbons (Fsp3) is 0.526. The molecule has 30 heavy (non-hydrogen) atoms. The second-order valence-electron chi connectivity index (χ2n) is 6.50. The van der Waals surface area contributed by atoms with Gasteiger partial charge in [0.15, 0.2) is 35.0 Å². The smallest absolute Gasteiger partial charge is 0.320 e. The number of nitrogens with one attached hydrogen (secondary N) is 1. The Morgan fingerprint density at radius 3 is 2.00 bits per heavy atom. The molecule has 1 aliphatic rings. The summed E-state index contributed by atoms with van der Waals surface area (Å²) in [5.41, 5.74) is -0.780. The van der Waals surface area contributed by atoms with Crippen LogP contribution in [0.5, 0.6) is 0 Å². The number of ether oxygens (including phenoxy) is 2. The van der Waals surface area contributed by atoms with Gasteiger partial charge in [0.05, 0.1) is 19.3 Å². The first kappa shape index (κ1) is 25.8. The highest BCUT2D eigenvalue weighted by Gasteiger charge is 2.39. The third-order valence-corrected chi connectivity index (χ3v) is 4.62. The van der Waals surface area contributed by atoms with Gasteiger partial charge in [-0.1, -0.05) is 0 Å². The first-order valence-corrected chi connectivity index (χ1v) is 9.13. The van der Waals surface area contributed by atoms with E-state index in [1.54, 1.807) is 0 Å². The molecule has 1 saturated heterocycles. The van der Waals surface area contributed by atoms with Gasteiger partial charge in [-0.2, -0.15) is 0 Å². The van der Waals surface area contributed by atoms with E-state index in [9.17, 15) is 31.9 Å². The molecule has 1 fully saturated rings. The maximum atomic E-state index is 14.0. The van der Waals surface area contributed by atoms with Gasteiger partial charge in [0.25, 0.3) is 0 Å². The van der Waals surface area contributed by atoms with E-state index in [2.05, 4.69) is 5.32 Å². The normalized spacial score (nSPS) is 18.1. The Hall–Kier alpha value is -2.20. The van der Waals surface area contributed by atoms with E-state index in [-0.39, 0.29) is 44.7 Å². The molecule has 1 aromatic rings. The highest BCUT2D eigenvalue weighted by atomic mass is 35.5. The highest BCUT2D eigenvalue weighted by Crippen LogP contribution is 2.33. The second kappa shape index (κ2) is 11.3. The molecule has 1 aromatic carbocycles. The van der Waals surface area contributed by atoms with Crippen molar-refractivity contribution >= 4 is 30.1 Å². The molecule has 0 aliphatic carbocycles. The number of benzene rings is 1. The van der Waals surface area contributed by atoms with Crippen LogP contribution in [-0.4, -0.2) is 43.5 Å². The van der Waals surface area contributed by atoms with Crippen LogP contribution in [0.2, 0.25) is 0 Å². The molecule has 1 unspecified atom stereocenters. The molecule has 0 amide bonds. The van der Waals surface area contributed by atoms with Gasteiger partial charge in [-0.25, -0.2) is 17.6 Å². The Kier molecular flexibility index (Phi) is 9.70. The monoisotopic (exact) mass is 455 g/mol. The van der Waals surface area contributed by atoms with Crippen molar-refractivity contribution < 1.29 is 41.4 Å². The molecule has 0 aromatic heterocycles. The van der Waals surface area contributed by atoms with Crippen LogP contribution >= 0.6 is 12.4 Å². The predicted molar refractivity (Wildman–Crippen MR) is 99.1 cm³/mol. The minimum absolute atomic E-state index is 0. The van der Waals surface area contributed by atoms with Crippen LogP contribution < -0.4 is 5.32 Å². The maximum absolute atomic E-state index is 14.0. The van der Waals surface area contributed by atoms with Gasteiger partial charge in [0.1, 0.15) is 0 Å². The summed E-state index contributed by atoms with van der Waals surface area (Å²) in [6.45, 7) is 2.95. The predicted octanol–water partition coefficient (Wildman–Crippen LogP) is 2.81. The van der Waals surface area contributed by atoms with Crippen molar-refractivity contribution in [3.05, 3.63) is 34.9 Å². The number of esters is 2. The summed E-state index contributed by atoms with van der Waals surface area (Å²) in [4.78, 5) is 36.5. The molecule has 0 bridgehead atoms. The molecular formula is C19H22ClF4NO5. The average molecular weight is 456 g/mol. The average Bonchev–Trinajstić information content (AvgIpc) is 3.14. The Labute approximate surface area is 176 Å². The molecule has 1 heterocycles. The van der Waals surface area contributed by atoms with Gasteiger partial charge in [-0.15, -0.1) is 12.4 Å². The molecule has 1 N–H and O–H groups in total. The SMILES string of the molecule is CCOC(=O)C(CC(=O)C1C[C@H](c2c(F)c(F)cc(F)c2F)CN1)C(=O)OCC.Cl. The largest absolute Gasteiger partial charge is 0.465 e. The van der Waals surface area contributed by atoms with Crippen molar-refractivity contribution in [2.75, 3.05) is 19.8 Å². The first-order chi connectivity index (χ1) is 13.7. The zero-order valence-corrected chi connectivity index (χ0v) is 17.1. The van der Waals surface area contributed by atoms with Crippen LogP contribution in [-0.2, 0) is 23.9 Å². The minimum Gasteiger partial charge on any atom is -0.465 e. The standard InChI is InChI=1S/C19H21F4NO5.ClH/c1-3-28-18(26)10(19(27)29-4-2)6-14(25)13-5-9(8-24-13)15-16(22)11(20)7-12(21)17(15)23;/h7,9-10,13,24H,3-6,8H2,1-2H3;1H/t9-,13?;/m0./s1. The number of carbonyl (C=O) groups excluding carboxylic acids is 3. The lowest BCUT2D eigenvalue weighted by atomic mass is 9.91. The summed E-state index contributed by atoms with van der Waals surface area (Å²) in [6.07, 6.45) is -0.696. The van der Waals surface area contributed by atoms with E-state index in [1.807, 2.05) is 0 Å². The Bertz CT molecular complexity index is 763. The van der Waals surface area contributed by atoms with Crippen LogP contribution in [0.15, 0.2) is 6.07 Å². The second-order valence-corrected chi connectivity index (χ2v) is 6.50. The summed E-state index contributed by atoms with van der Waals surface area (Å²) >= 11 is 0. The third kappa shape index (κ3) is 5.69. The molecule has 0 radical (unpaired) electrons. The highest BCUT2D eigenvalue weighted by molar-refractivity contribution is 6.00. The topological polar surface area (TPSA) is 81.7 Å². The van der Waals surface area contributed by atoms with Crippen molar-refractivity contribution in [3.8, 4) is 0 Å². The number of rotatable bonds is 8. The number of hydrogen-bond acceptors (Lipinski definition) is 6. The molecule has 2 rings (SSSR count). The Balaban J connectivity index is 0.00000450. The van der Waals surface area contributed by atoms with Gasteiger partial charge in [-0.05, 0) is 20.3 Å². The molecule has 0 saturated carbocycles. The zero-order chi connectivity index (χ0) is 21.7. The van der Waals surface area contributed by atoms with Crippen molar-refractivity contribution in [3.63, 3.8) is 0 Å². The van der Waals surface area contributed by atoms with Crippen LogP contribution in [0.4, 0.5) is 17.6 Å². The molecule has 6 nitrogen and oxygen atoms in total. The quantitative estimate of drug-likeness (QED) is 0.281. The summed E-state index contributed by atoms with van der Waals surface area (Å²) < 4.78 is 64.5. The Morgan fingerprint density at radius 2 is 1.53 bits per heavy atom. The van der Waals surface area contributed by atoms with E-state index >= 15 is 0 Å². The number of Topliss-reactive ketones (excluding diaryl/α,β-unsaturated/α-hetero) is 1. The fourth-order valence-electron chi connectivity index (χ4n) is 3.24. The van der Waals surface area contributed by atoms with Gasteiger partial charge < -0.3 is 14.8 Å². The van der Waals surface area contributed by atoms with E-state index in [1.165, 1.54) is 13.8 Å². The van der Waals surface area contributed by atoms with Gasteiger partial charge >= 0.3 is 11.9 Å². The molecule has 168 valence electrons. The van der Waals surface area contributed by atoms with E-state index < -0.39 is 70.9 Å². The summed E-state index contributed by atoms with van der Waals surface area (Å²) in [5.74, 6) is -11.0. The molecular weight excluding hydrogens is 434 g/mol. The van der Waals surface area contributed by atoms with Gasteiger partial charge in [-0.3, -0.25) is 14.4 Å². The lowest BCUT2D eigenvalue weighted by molar-refractivity contribution is -0.163. The molecule has 1 aliphatic heterocycles. The van der Waals surface area contributed by atoms with Crippen molar-refractivity contribution in [2.45, 2.75) is 38.6 Å². The number of halogens is 5. The molecule has 2 atom stereocenters. The number of hydrogen-bond donors (Lipinski definition) is 1. The van der Waals surface area contributed by atoms with Gasteiger partial charge in [0.2, 0.25) is 0 Å². The first-order valence-electron chi connectivity index (χ1n) is 9.13. The Morgan fingerprint density at radius 1 is 1.03 bits per heavy atom.